The van der Waals surface area contributed by atoms with Gasteiger partial charge in [0.25, 0.3) is 0 Å². The van der Waals surface area contributed by atoms with Gasteiger partial charge in [0.15, 0.2) is 0 Å². The van der Waals surface area contributed by atoms with E-state index in [1.165, 1.54) is 12.1 Å². The lowest BCUT2D eigenvalue weighted by Gasteiger charge is -2.18. The third kappa shape index (κ3) is 3.88. The van der Waals surface area contributed by atoms with Gasteiger partial charge >= 0.3 is 6.18 Å². The fourth-order valence-corrected chi connectivity index (χ4v) is 3.55. The number of pyridine rings is 1. The minimum absolute atomic E-state index is 0.0501. The molecule has 4 aromatic rings. The summed E-state index contributed by atoms with van der Waals surface area (Å²) in [5.41, 5.74) is 2.73. The quantitative estimate of drug-likeness (QED) is 0.386. The first-order chi connectivity index (χ1) is 14.0. The van der Waals surface area contributed by atoms with Gasteiger partial charge in [-0.1, -0.05) is 49.7 Å². The van der Waals surface area contributed by atoms with Crippen LogP contribution in [0.2, 0.25) is 0 Å². The van der Waals surface area contributed by atoms with E-state index in [4.69, 9.17) is 0 Å². The van der Waals surface area contributed by atoms with Crippen molar-refractivity contribution in [3.8, 4) is 11.3 Å². The van der Waals surface area contributed by atoms with E-state index >= 15 is 0 Å². The molecule has 0 bridgehead atoms. The first-order valence-corrected chi connectivity index (χ1v) is 9.53. The fraction of sp³-hybridized carbons (Fsp3) is 0.217. The van der Waals surface area contributed by atoms with E-state index in [1.807, 2.05) is 41.2 Å². The summed E-state index contributed by atoms with van der Waals surface area (Å²) < 4.78 is 40.3. The summed E-state index contributed by atoms with van der Waals surface area (Å²) in [5.74, 6) is 0. The molecule has 0 saturated carbocycles. The maximum absolute atomic E-state index is 12.8. The number of nitrogens with zero attached hydrogens (tertiary/aromatic N) is 3. The molecule has 0 N–H and O–H groups in total. The molecule has 4 rings (SSSR count). The molecule has 3 nitrogen and oxygen atoms in total. The molecule has 1 atom stereocenters. The van der Waals surface area contributed by atoms with Crippen molar-refractivity contribution >= 4 is 10.9 Å². The number of para-hydroxylation sites is 1. The predicted octanol–water partition coefficient (Wildman–Crippen LogP) is 6.51. The van der Waals surface area contributed by atoms with Gasteiger partial charge in [-0.3, -0.25) is 9.67 Å². The second-order valence-electron chi connectivity index (χ2n) is 7.00. The van der Waals surface area contributed by atoms with Crippen molar-refractivity contribution in [3.05, 3.63) is 84.2 Å². The molecule has 2 aromatic carbocycles. The second kappa shape index (κ2) is 7.70. The van der Waals surface area contributed by atoms with Crippen molar-refractivity contribution in [1.29, 1.82) is 0 Å². The number of hydrogen-bond donors (Lipinski definition) is 0. The third-order valence-electron chi connectivity index (χ3n) is 5.04. The molecule has 6 heteroatoms. The fourth-order valence-electron chi connectivity index (χ4n) is 3.55. The van der Waals surface area contributed by atoms with Crippen LogP contribution in [0.3, 0.4) is 0 Å². The highest BCUT2D eigenvalue weighted by molar-refractivity contribution is 5.78. The number of alkyl halides is 3. The molecule has 0 aliphatic carbocycles. The Kier molecular flexibility index (Phi) is 5.09. The predicted molar refractivity (Wildman–Crippen MR) is 107 cm³/mol. The summed E-state index contributed by atoms with van der Waals surface area (Å²) in [6.45, 7) is 2.13. The molecule has 1 unspecified atom stereocenters. The van der Waals surface area contributed by atoms with Crippen molar-refractivity contribution in [2.45, 2.75) is 32.0 Å². The van der Waals surface area contributed by atoms with Crippen LogP contribution in [0.4, 0.5) is 13.2 Å². The van der Waals surface area contributed by atoms with Gasteiger partial charge in [-0.25, -0.2) is 0 Å². The van der Waals surface area contributed by atoms with Crippen molar-refractivity contribution in [2.24, 2.45) is 0 Å². The summed E-state index contributed by atoms with van der Waals surface area (Å²) in [6, 6.07) is 17.0. The largest absolute Gasteiger partial charge is 0.416 e. The molecular formula is C23H20F3N3. The van der Waals surface area contributed by atoms with Crippen molar-refractivity contribution in [1.82, 2.24) is 14.8 Å². The molecule has 0 aliphatic heterocycles. The lowest BCUT2D eigenvalue weighted by molar-refractivity contribution is -0.137. The van der Waals surface area contributed by atoms with Crippen molar-refractivity contribution in [2.75, 3.05) is 0 Å². The van der Waals surface area contributed by atoms with Crippen LogP contribution in [0.15, 0.2) is 73.1 Å². The van der Waals surface area contributed by atoms with Gasteiger partial charge in [0, 0.05) is 17.1 Å². The smallest absolute Gasteiger partial charge is 0.257 e. The Morgan fingerprint density at radius 3 is 2.34 bits per heavy atom. The SMILES string of the molecule is CCCC(c1ccc(-c2ccc(C(F)(F)F)cc2)nc1)n1ncc2ccccc21. The summed E-state index contributed by atoms with van der Waals surface area (Å²) >= 11 is 0. The summed E-state index contributed by atoms with van der Waals surface area (Å²) in [7, 11) is 0. The Labute approximate surface area is 166 Å². The van der Waals surface area contributed by atoms with E-state index in [0.29, 0.717) is 11.3 Å². The summed E-state index contributed by atoms with van der Waals surface area (Å²) in [4.78, 5) is 4.51. The molecule has 2 aromatic heterocycles. The molecule has 0 aliphatic rings. The average molecular weight is 395 g/mol. The zero-order chi connectivity index (χ0) is 20.4. The van der Waals surface area contributed by atoms with E-state index in [-0.39, 0.29) is 6.04 Å². The van der Waals surface area contributed by atoms with Gasteiger partial charge in [0.1, 0.15) is 0 Å². The highest BCUT2D eigenvalue weighted by atomic mass is 19.4. The Morgan fingerprint density at radius 1 is 0.931 bits per heavy atom. The number of aromatic nitrogens is 3. The zero-order valence-electron chi connectivity index (χ0n) is 15.9. The maximum atomic E-state index is 12.8. The van der Waals surface area contributed by atoms with Crippen LogP contribution in [0, 0.1) is 0 Å². The van der Waals surface area contributed by atoms with E-state index in [1.54, 1.807) is 6.20 Å². The average Bonchev–Trinajstić information content (AvgIpc) is 3.16. The Balaban J connectivity index is 1.64. The number of benzene rings is 2. The van der Waals surface area contributed by atoms with Crippen LogP contribution in [0.25, 0.3) is 22.2 Å². The molecule has 2 heterocycles. The topological polar surface area (TPSA) is 30.7 Å². The molecule has 0 spiro atoms. The standard InChI is InChI=1S/C23H20F3N3/c1-2-5-21(29-22-7-4-3-6-17(22)15-28-29)18-10-13-20(27-14-18)16-8-11-19(12-9-16)23(24,25)26/h3-4,6-15,21H,2,5H2,1H3. The van der Waals surface area contributed by atoms with Crippen LogP contribution in [0.5, 0.6) is 0 Å². The van der Waals surface area contributed by atoms with E-state index in [0.717, 1.165) is 41.4 Å². The Hall–Kier alpha value is -3.15. The van der Waals surface area contributed by atoms with Crippen molar-refractivity contribution < 1.29 is 13.2 Å². The Bertz CT molecular complexity index is 1100. The highest BCUT2D eigenvalue weighted by Crippen LogP contribution is 2.31. The van der Waals surface area contributed by atoms with Gasteiger partial charge < -0.3 is 0 Å². The molecular weight excluding hydrogens is 375 g/mol. The molecule has 0 saturated heterocycles. The van der Waals surface area contributed by atoms with E-state index in [2.05, 4.69) is 23.1 Å². The monoisotopic (exact) mass is 395 g/mol. The zero-order valence-corrected chi connectivity index (χ0v) is 15.9. The maximum Gasteiger partial charge on any atom is 0.416 e. The van der Waals surface area contributed by atoms with Gasteiger partial charge in [0.2, 0.25) is 0 Å². The summed E-state index contributed by atoms with van der Waals surface area (Å²) in [5, 5.41) is 5.67. The first-order valence-electron chi connectivity index (χ1n) is 9.53. The summed E-state index contributed by atoms with van der Waals surface area (Å²) in [6.07, 6.45) is 1.22. The van der Waals surface area contributed by atoms with Crippen LogP contribution >= 0.6 is 0 Å². The van der Waals surface area contributed by atoms with E-state index in [9.17, 15) is 13.2 Å². The number of fused-ring (bicyclic) bond motifs is 1. The number of rotatable bonds is 5. The molecule has 0 amide bonds. The number of hydrogen-bond acceptors (Lipinski definition) is 2. The third-order valence-corrected chi connectivity index (χ3v) is 5.04. The van der Waals surface area contributed by atoms with Gasteiger partial charge in [-0.15, -0.1) is 0 Å². The molecule has 29 heavy (non-hydrogen) atoms. The minimum Gasteiger partial charge on any atom is -0.257 e. The van der Waals surface area contributed by atoms with E-state index < -0.39 is 11.7 Å². The Morgan fingerprint density at radius 2 is 1.69 bits per heavy atom. The molecule has 0 fully saturated rings. The van der Waals surface area contributed by atoms with Crippen LogP contribution in [-0.2, 0) is 6.18 Å². The molecule has 0 radical (unpaired) electrons. The second-order valence-corrected chi connectivity index (χ2v) is 7.00. The lowest BCUT2D eigenvalue weighted by atomic mass is 10.0. The van der Waals surface area contributed by atoms with Crippen LogP contribution in [0.1, 0.15) is 36.9 Å². The van der Waals surface area contributed by atoms with Crippen molar-refractivity contribution in [3.63, 3.8) is 0 Å². The van der Waals surface area contributed by atoms with Gasteiger partial charge in [0.05, 0.1) is 29.0 Å². The van der Waals surface area contributed by atoms with Crippen LogP contribution < -0.4 is 0 Å². The van der Waals surface area contributed by atoms with Crippen LogP contribution in [-0.4, -0.2) is 14.8 Å². The van der Waals surface area contributed by atoms with Gasteiger partial charge in [-0.05, 0) is 36.2 Å². The van der Waals surface area contributed by atoms with Gasteiger partial charge in [-0.2, -0.15) is 18.3 Å². The first kappa shape index (κ1) is 19.2. The lowest BCUT2D eigenvalue weighted by Crippen LogP contribution is -2.12. The normalized spacial score (nSPS) is 13.0. The minimum atomic E-state index is -4.34. The highest BCUT2D eigenvalue weighted by Gasteiger charge is 2.30. The number of halogens is 3. The molecule has 148 valence electrons.